The van der Waals surface area contributed by atoms with Crippen LogP contribution in [0.2, 0.25) is 0 Å². The number of fused-ring (bicyclic) bond motifs is 1. The Kier molecular flexibility index (Phi) is 6.60. The van der Waals surface area contributed by atoms with E-state index < -0.39 is 0 Å². The molecule has 35 heavy (non-hydrogen) atoms. The summed E-state index contributed by atoms with van der Waals surface area (Å²) in [6.45, 7) is 9.69. The molecule has 1 aliphatic rings. The van der Waals surface area contributed by atoms with Gasteiger partial charge in [0, 0.05) is 18.7 Å². The minimum absolute atomic E-state index is 0.0486. The zero-order valence-corrected chi connectivity index (χ0v) is 20.1. The van der Waals surface area contributed by atoms with Crippen molar-refractivity contribution < 1.29 is 4.39 Å². The molecule has 1 atom stereocenters. The molecule has 1 unspecified atom stereocenters. The lowest BCUT2D eigenvalue weighted by Gasteiger charge is -2.32. The van der Waals surface area contributed by atoms with E-state index >= 15 is 0 Å². The SMILES string of the molecule is C=Cc1ccc(-c2ccc3nc(-c4ccc(F)cc4)n(CC4CCCN(CC)C4)c(=O)c3c2)cc1. The molecule has 178 valence electrons. The number of halogens is 1. The van der Waals surface area contributed by atoms with Crippen molar-refractivity contribution in [1.82, 2.24) is 14.5 Å². The van der Waals surface area contributed by atoms with E-state index in [0.717, 1.165) is 54.7 Å². The van der Waals surface area contributed by atoms with Crippen LogP contribution in [0.5, 0.6) is 0 Å². The number of benzene rings is 3. The maximum Gasteiger partial charge on any atom is 0.261 e. The second-order valence-corrected chi connectivity index (χ2v) is 9.32. The third-order valence-electron chi connectivity index (χ3n) is 7.03. The first kappa shape index (κ1) is 23.2. The first-order valence-electron chi connectivity index (χ1n) is 12.3. The zero-order chi connectivity index (χ0) is 24.4. The summed E-state index contributed by atoms with van der Waals surface area (Å²) in [6.07, 6.45) is 4.03. The monoisotopic (exact) mass is 467 g/mol. The van der Waals surface area contributed by atoms with Crippen LogP contribution >= 0.6 is 0 Å². The summed E-state index contributed by atoms with van der Waals surface area (Å²) in [5.74, 6) is 0.662. The normalized spacial score (nSPS) is 16.5. The Hall–Kier alpha value is -3.57. The highest BCUT2D eigenvalue weighted by Gasteiger charge is 2.22. The molecule has 3 aromatic carbocycles. The van der Waals surface area contributed by atoms with E-state index in [1.165, 1.54) is 12.1 Å². The zero-order valence-electron chi connectivity index (χ0n) is 20.1. The van der Waals surface area contributed by atoms with E-state index in [1.54, 1.807) is 12.1 Å². The van der Waals surface area contributed by atoms with Crippen molar-refractivity contribution in [3.8, 4) is 22.5 Å². The predicted molar refractivity (Wildman–Crippen MR) is 142 cm³/mol. The van der Waals surface area contributed by atoms with Crippen LogP contribution in [-0.4, -0.2) is 34.1 Å². The van der Waals surface area contributed by atoms with Gasteiger partial charge in [0.1, 0.15) is 11.6 Å². The van der Waals surface area contributed by atoms with Crippen LogP contribution in [0.3, 0.4) is 0 Å². The molecule has 0 saturated carbocycles. The number of likely N-dealkylation sites (tertiary alicyclic amines) is 1. The molecule has 0 aliphatic carbocycles. The molecule has 0 spiro atoms. The van der Waals surface area contributed by atoms with Crippen molar-refractivity contribution >= 4 is 17.0 Å². The molecule has 0 amide bonds. The lowest BCUT2D eigenvalue weighted by molar-refractivity contribution is 0.169. The number of piperidine rings is 1. The quantitative estimate of drug-likeness (QED) is 0.337. The topological polar surface area (TPSA) is 38.1 Å². The van der Waals surface area contributed by atoms with Crippen LogP contribution in [0.25, 0.3) is 39.5 Å². The van der Waals surface area contributed by atoms with Crippen molar-refractivity contribution in [3.05, 3.63) is 95.0 Å². The number of hydrogen-bond acceptors (Lipinski definition) is 3. The van der Waals surface area contributed by atoms with Gasteiger partial charge in [-0.15, -0.1) is 0 Å². The Bertz CT molecular complexity index is 1410. The average Bonchev–Trinajstić information content (AvgIpc) is 2.90. The molecule has 2 heterocycles. The summed E-state index contributed by atoms with van der Waals surface area (Å²) < 4.78 is 15.5. The standard InChI is InChI=1S/C30H30FN3O/c1-3-21-7-9-23(10-8-21)25-13-16-28-27(18-25)30(35)34(20-22-6-5-17-33(4-2)19-22)29(32-28)24-11-14-26(31)15-12-24/h3,7-16,18,22H,1,4-6,17,19-20H2,2H3. The van der Waals surface area contributed by atoms with E-state index in [0.29, 0.717) is 29.2 Å². The van der Waals surface area contributed by atoms with E-state index in [1.807, 2.05) is 53.1 Å². The summed E-state index contributed by atoms with van der Waals surface area (Å²) in [7, 11) is 0. The molecular weight excluding hydrogens is 437 g/mol. The average molecular weight is 468 g/mol. The van der Waals surface area contributed by atoms with Crippen LogP contribution in [0.4, 0.5) is 4.39 Å². The largest absolute Gasteiger partial charge is 0.303 e. The van der Waals surface area contributed by atoms with Gasteiger partial charge < -0.3 is 4.90 Å². The van der Waals surface area contributed by atoms with Gasteiger partial charge in [-0.2, -0.15) is 0 Å². The Morgan fingerprint density at radius 2 is 1.74 bits per heavy atom. The minimum atomic E-state index is -0.304. The fourth-order valence-corrected chi connectivity index (χ4v) is 5.05. The van der Waals surface area contributed by atoms with Crippen LogP contribution < -0.4 is 5.56 Å². The second kappa shape index (κ2) is 9.96. The van der Waals surface area contributed by atoms with Crippen molar-refractivity contribution in [1.29, 1.82) is 0 Å². The molecule has 1 fully saturated rings. The molecule has 4 nitrogen and oxygen atoms in total. The lowest BCUT2D eigenvalue weighted by atomic mass is 9.97. The molecule has 0 bridgehead atoms. The Morgan fingerprint density at radius 3 is 2.46 bits per heavy atom. The molecule has 1 saturated heterocycles. The van der Waals surface area contributed by atoms with Crippen LogP contribution in [-0.2, 0) is 6.54 Å². The maximum absolute atomic E-state index is 13.9. The van der Waals surface area contributed by atoms with Gasteiger partial charge in [0.2, 0.25) is 0 Å². The Balaban J connectivity index is 1.62. The number of aromatic nitrogens is 2. The van der Waals surface area contributed by atoms with Gasteiger partial charge in [0.05, 0.1) is 10.9 Å². The van der Waals surface area contributed by atoms with E-state index in [-0.39, 0.29) is 11.4 Å². The van der Waals surface area contributed by atoms with Gasteiger partial charge in [-0.25, -0.2) is 9.37 Å². The molecule has 5 rings (SSSR count). The van der Waals surface area contributed by atoms with Crippen molar-refractivity contribution in [2.45, 2.75) is 26.3 Å². The summed E-state index contributed by atoms with van der Waals surface area (Å²) in [4.78, 5) is 21.3. The molecule has 5 heteroatoms. The number of nitrogens with zero attached hydrogens (tertiary/aromatic N) is 3. The lowest BCUT2D eigenvalue weighted by Crippen LogP contribution is -2.38. The summed E-state index contributed by atoms with van der Waals surface area (Å²) in [6, 6.07) is 20.2. The van der Waals surface area contributed by atoms with Gasteiger partial charge >= 0.3 is 0 Å². The van der Waals surface area contributed by atoms with E-state index in [4.69, 9.17) is 4.98 Å². The minimum Gasteiger partial charge on any atom is -0.303 e. The van der Waals surface area contributed by atoms with Gasteiger partial charge in [-0.3, -0.25) is 9.36 Å². The fraction of sp³-hybridized carbons (Fsp3) is 0.267. The maximum atomic E-state index is 13.9. The Labute approximate surface area is 205 Å². The summed E-state index contributed by atoms with van der Waals surface area (Å²) >= 11 is 0. The van der Waals surface area contributed by atoms with Crippen molar-refractivity contribution in [3.63, 3.8) is 0 Å². The van der Waals surface area contributed by atoms with Gasteiger partial charge in [-0.05, 0) is 84.9 Å². The Morgan fingerprint density at radius 1 is 1.03 bits per heavy atom. The highest BCUT2D eigenvalue weighted by atomic mass is 19.1. The number of hydrogen-bond donors (Lipinski definition) is 0. The van der Waals surface area contributed by atoms with Crippen LogP contribution in [0.15, 0.2) is 78.1 Å². The third-order valence-corrected chi connectivity index (χ3v) is 7.03. The van der Waals surface area contributed by atoms with Crippen molar-refractivity contribution in [2.24, 2.45) is 5.92 Å². The van der Waals surface area contributed by atoms with Gasteiger partial charge in [0.15, 0.2) is 0 Å². The molecule has 1 aliphatic heterocycles. The molecular formula is C30H30FN3O. The second-order valence-electron chi connectivity index (χ2n) is 9.32. The molecule has 4 aromatic rings. The smallest absolute Gasteiger partial charge is 0.261 e. The molecule has 0 N–H and O–H groups in total. The summed E-state index contributed by atoms with van der Waals surface area (Å²) in [5, 5.41) is 0.601. The van der Waals surface area contributed by atoms with E-state index in [2.05, 4.69) is 18.4 Å². The van der Waals surface area contributed by atoms with Crippen LogP contribution in [0.1, 0.15) is 25.3 Å². The van der Waals surface area contributed by atoms with Gasteiger partial charge in [0.25, 0.3) is 5.56 Å². The fourth-order valence-electron chi connectivity index (χ4n) is 5.05. The van der Waals surface area contributed by atoms with Crippen molar-refractivity contribution in [2.75, 3.05) is 19.6 Å². The molecule has 0 radical (unpaired) electrons. The predicted octanol–water partition coefficient (Wildman–Crippen LogP) is 6.24. The third kappa shape index (κ3) is 4.82. The highest BCUT2D eigenvalue weighted by molar-refractivity contribution is 5.85. The van der Waals surface area contributed by atoms with Crippen LogP contribution in [0, 0.1) is 11.7 Å². The first-order chi connectivity index (χ1) is 17.1. The highest BCUT2D eigenvalue weighted by Crippen LogP contribution is 2.27. The van der Waals surface area contributed by atoms with E-state index in [9.17, 15) is 9.18 Å². The molecule has 1 aromatic heterocycles. The first-order valence-corrected chi connectivity index (χ1v) is 12.3. The number of rotatable bonds is 6. The van der Waals surface area contributed by atoms with Gasteiger partial charge in [-0.1, -0.05) is 49.9 Å². The summed E-state index contributed by atoms with van der Waals surface area (Å²) in [5.41, 5.74) is 4.41.